The molecule has 3 aromatic rings. The third-order valence-electron chi connectivity index (χ3n) is 6.68. The molecular weight excluding hydrogens is 430 g/mol. The Morgan fingerprint density at radius 3 is 2.79 bits per heavy atom. The Morgan fingerprint density at radius 2 is 2.06 bits per heavy atom. The molecule has 5 rings (SSSR count). The number of carbonyl (C=O) groups is 1. The lowest BCUT2D eigenvalue weighted by Gasteiger charge is -2.15. The van der Waals surface area contributed by atoms with Gasteiger partial charge in [0.1, 0.15) is 29.3 Å². The van der Waals surface area contributed by atoms with Crippen LogP contribution in [0.2, 0.25) is 0 Å². The number of aromatic nitrogens is 4. The Morgan fingerprint density at radius 1 is 1.26 bits per heavy atom. The van der Waals surface area contributed by atoms with Gasteiger partial charge < -0.3 is 15.2 Å². The Balaban J connectivity index is 1.29. The molecule has 0 saturated heterocycles. The Hall–Kier alpha value is -3.46. The number of anilines is 1. The van der Waals surface area contributed by atoms with Gasteiger partial charge in [-0.1, -0.05) is 19.0 Å². The van der Waals surface area contributed by atoms with Crippen molar-refractivity contribution in [2.45, 2.75) is 57.4 Å². The number of hydrogen-bond donors (Lipinski definition) is 1. The minimum Gasteiger partial charge on any atom is -0.383 e. The molecule has 3 aromatic heterocycles. The van der Waals surface area contributed by atoms with E-state index in [2.05, 4.69) is 34.2 Å². The molecule has 2 aliphatic rings. The number of fused-ring (bicyclic) bond motifs is 1. The number of aliphatic imine (C=N–C) groups is 1. The van der Waals surface area contributed by atoms with Crippen molar-refractivity contribution in [2.24, 2.45) is 4.99 Å². The molecule has 1 saturated carbocycles. The molecular formula is C25H29N7O2. The summed E-state index contributed by atoms with van der Waals surface area (Å²) in [6, 6.07) is 6.01. The van der Waals surface area contributed by atoms with Crippen LogP contribution in [0.5, 0.6) is 0 Å². The highest BCUT2D eigenvalue weighted by Crippen LogP contribution is 2.47. The minimum absolute atomic E-state index is 0.104. The van der Waals surface area contributed by atoms with Crippen LogP contribution >= 0.6 is 0 Å². The average Bonchev–Trinajstić information content (AvgIpc) is 3.21. The number of rotatable bonds is 8. The van der Waals surface area contributed by atoms with Crippen molar-refractivity contribution in [3.05, 3.63) is 58.6 Å². The molecule has 1 atom stereocenters. The molecule has 2 N–H and O–H groups in total. The summed E-state index contributed by atoms with van der Waals surface area (Å²) < 4.78 is 5.61. The van der Waals surface area contributed by atoms with Crippen LogP contribution in [-0.4, -0.2) is 50.6 Å². The summed E-state index contributed by atoms with van der Waals surface area (Å²) in [5, 5.41) is 4.24. The number of hydrogen-bond acceptors (Lipinski definition) is 9. The molecule has 0 bridgehead atoms. The first-order chi connectivity index (χ1) is 16.2. The van der Waals surface area contributed by atoms with Crippen LogP contribution in [-0.2, 0) is 18.4 Å². The molecule has 9 nitrogen and oxygen atoms in total. The van der Waals surface area contributed by atoms with Gasteiger partial charge in [-0.15, -0.1) is 0 Å². The average molecular weight is 460 g/mol. The van der Waals surface area contributed by atoms with E-state index in [1.165, 1.54) is 19.2 Å². The van der Waals surface area contributed by atoms with E-state index in [1.807, 2.05) is 32.0 Å². The highest BCUT2D eigenvalue weighted by molar-refractivity contribution is 6.04. The summed E-state index contributed by atoms with van der Waals surface area (Å²) >= 11 is 0. The first-order valence-electron chi connectivity index (χ1n) is 11.6. The fraction of sp³-hybridized carbons (Fsp3) is 0.440. The normalized spacial score (nSPS) is 16.9. The molecule has 0 spiro atoms. The lowest BCUT2D eigenvalue weighted by atomic mass is 9.97. The van der Waals surface area contributed by atoms with Gasteiger partial charge in [-0.3, -0.25) is 9.78 Å². The van der Waals surface area contributed by atoms with Gasteiger partial charge in [0.25, 0.3) is 0 Å². The molecule has 34 heavy (non-hydrogen) atoms. The highest BCUT2D eigenvalue weighted by Gasteiger charge is 2.41. The number of ketones is 1. The van der Waals surface area contributed by atoms with E-state index in [0.717, 1.165) is 22.8 Å². The van der Waals surface area contributed by atoms with E-state index in [1.54, 1.807) is 0 Å². The second-order valence-corrected chi connectivity index (χ2v) is 9.92. The van der Waals surface area contributed by atoms with Gasteiger partial charge >= 0.3 is 0 Å². The van der Waals surface area contributed by atoms with Gasteiger partial charge in [0.2, 0.25) is 0 Å². The van der Waals surface area contributed by atoms with Gasteiger partial charge in [0.05, 0.1) is 17.1 Å². The molecule has 1 aliphatic carbocycles. The van der Waals surface area contributed by atoms with Crippen molar-refractivity contribution < 1.29 is 9.32 Å². The maximum Gasteiger partial charge on any atom is 0.182 e. The number of nitrogens with zero attached hydrogens (tertiary/aromatic N) is 6. The fourth-order valence-electron chi connectivity index (χ4n) is 4.27. The Labute approximate surface area is 198 Å². The first-order valence-corrected chi connectivity index (χ1v) is 11.6. The van der Waals surface area contributed by atoms with Crippen molar-refractivity contribution in [3.63, 3.8) is 0 Å². The van der Waals surface area contributed by atoms with Gasteiger partial charge in [0, 0.05) is 48.0 Å². The van der Waals surface area contributed by atoms with Crippen LogP contribution in [0.15, 0.2) is 34.0 Å². The van der Waals surface area contributed by atoms with E-state index in [4.69, 9.17) is 20.2 Å². The van der Waals surface area contributed by atoms with Crippen molar-refractivity contribution in [3.8, 4) is 0 Å². The third-order valence-corrected chi connectivity index (χ3v) is 6.68. The van der Waals surface area contributed by atoms with E-state index in [-0.39, 0.29) is 23.5 Å². The quantitative estimate of drug-likeness (QED) is 0.507. The summed E-state index contributed by atoms with van der Waals surface area (Å²) in [6.45, 7) is 4.68. The van der Waals surface area contributed by atoms with Crippen LogP contribution < -0.4 is 5.73 Å². The van der Waals surface area contributed by atoms with Crippen molar-refractivity contribution >= 4 is 23.0 Å². The standard InChI is InChI=1S/C25H29N7O2/c1-14(9-20(33)23-15(12-32(3)4)24(26)28-13-27-23)21-11-19(31-34-21)18-10-17-16(29-18)5-6-22(30-17)25(2)7-8-25/h5-6,11,13-14H,7-10,12H2,1-4H3,(H2,26,27,28)/t14-/m0/s1. The zero-order chi connectivity index (χ0) is 24.0. The molecule has 176 valence electrons. The van der Waals surface area contributed by atoms with E-state index < -0.39 is 0 Å². The van der Waals surface area contributed by atoms with Crippen molar-refractivity contribution in [2.75, 3.05) is 19.8 Å². The third kappa shape index (κ3) is 4.23. The largest absolute Gasteiger partial charge is 0.383 e. The van der Waals surface area contributed by atoms with Gasteiger partial charge in [-0.05, 0) is 39.1 Å². The van der Waals surface area contributed by atoms with E-state index >= 15 is 0 Å². The number of nitrogens with two attached hydrogens (primary N) is 1. The lowest BCUT2D eigenvalue weighted by molar-refractivity contribution is 0.0965. The molecule has 0 radical (unpaired) electrons. The summed E-state index contributed by atoms with van der Waals surface area (Å²) in [7, 11) is 3.82. The lowest BCUT2D eigenvalue weighted by Crippen LogP contribution is -2.19. The Kier molecular flexibility index (Phi) is 5.51. The predicted octanol–water partition coefficient (Wildman–Crippen LogP) is 3.61. The summed E-state index contributed by atoms with van der Waals surface area (Å²) in [4.78, 5) is 32.8. The molecule has 0 aromatic carbocycles. The first kappa shape index (κ1) is 22.3. The number of nitrogen functional groups attached to an aromatic ring is 1. The number of carbonyl (C=O) groups excluding carboxylic acids is 1. The van der Waals surface area contributed by atoms with Gasteiger partial charge in [-0.25, -0.2) is 15.0 Å². The zero-order valence-electron chi connectivity index (χ0n) is 20.0. The highest BCUT2D eigenvalue weighted by atomic mass is 16.5. The molecule has 1 aliphatic heterocycles. The number of pyridine rings is 1. The predicted molar refractivity (Wildman–Crippen MR) is 128 cm³/mol. The van der Waals surface area contributed by atoms with Crippen molar-refractivity contribution in [1.29, 1.82) is 0 Å². The van der Waals surface area contributed by atoms with Crippen LogP contribution in [0.1, 0.15) is 77.9 Å². The van der Waals surface area contributed by atoms with Crippen LogP contribution in [0.4, 0.5) is 11.5 Å². The summed E-state index contributed by atoms with van der Waals surface area (Å²) in [6.07, 6.45) is 4.56. The number of Topliss-reactive ketones (excluding diaryl/α,β-unsaturated/α-hetero) is 1. The smallest absolute Gasteiger partial charge is 0.182 e. The molecule has 0 unspecified atom stereocenters. The molecule has 9 heteroatoms. The second kappa shape index (κ2) is 8.39. The van der Waals surface area contributed by atoms with Crippen molar-refractivity contribution in [1.82, 2.24) is 25.0 Å². The summed E-state index contributed by atoms with van der Waals surface area (Å²) in [5.74, 6) is 0.679. The maximum absolute atomic E-state index is 13.1. The van der Waals surface area contributed by atoms with Gasteiger partial charge in [-0.2, -0.15) is 0 Å². The summed E-state index contributed by atoms with van der Waals surface area (Å²) in [5.41, 5.74) is 11.8. The molecule has 0 amide bonds. The van der Waals surface area contributed by atoms with E-state index in [0.29, 0.717) is 41.5 Å². The van der Waals surface area contributed by atoms with Gasteiger partial charge in [0.15, 0.2) is 5.78 Å². The SMILES string of the molecule is C[C@@H](CC(=O)c1ncnc(N)c1CN(C)C)c1cc(C2=Nc3ccc(C4(C)CC4)nc3C2)no1. The monoisotopic (exact) mass is 459 g/mol. The maximum atomic E-state index is 13.1. The fourth-order valence-corrected chi connectivity index (χ4v) is 4.27. The Bertz CT molecular complexity index is 1290. The van der Waals surface area contributed by atoms with E-state index in [9.17, 15) is 4.79 Å². The van der Waals surface area contributed by atoms with Crippen LogP contribution in [0.25, 0.3) is 0 Å². The zero-order valence-corrected chi connectivity index (χ0v) is 20.0. The topological polar surface area (TPSA) is 123 Å². The second-order valence-electron chi connectivity index (χ2n) is 9.92. The van der Waals surface area contributed by atoms with Crippen LogP contribution in [0, 0.1) is 0 Å². The molecule has 4 heterocycles. The molecule has 1 fully saturated rings. The van der Waals surface area contributed by atoms with Crippen LogP contribution in [0.3, 0.4) is 0 Å². The minimum atomic E-state index is -0.180.